The lowest BCUT2D eigenvalue weighted by atomic mass is 10.0. The molecule has 5 rings (SSSR count). The second kappa shape index (κ2) is 10.6. The first-order valence-electron chi connectivity index (χ1n) is 12.1. The highest BCUT2D eigenvalue weighted by molar-refractivity contribution is 5.99. The SMILES string of the molecule is CN(C)C1CCN(c2ccc3c(Oc4ccc(NC(=O)Nc5ccccc5)cc4)ncnc3c2)CC1. The average molecular weight is 483 g/mol. The number of nitrogens with zero attached hydrogens (tertiary/aromatic N) is 4. The van der Waals surface area contributed by atoms with E-state index in [0.29, 0.717) is 23.4 Å². The molecule has 0 saturated carbocycles. The van der Waals surface area contributed by atoms with Gasteiger partial charge < -0.3 is 25.2 Å². The number of piperidine rings is 1. The highest BCUT2D eigenvalue weighted by Gasteiger charge is 2.21. The number of rotatable bonds is 6. The third-order valence-corrected chi connectivity index (χ3v) is 6.50. The van der Waals surface area contributed by atoms with E-state index >= 15 is 0 Å². The number of benzene rings is 3. The number of para-hydroxylation sites is 1. The third kappa shape index (κ3) is 5.55. The Labute approximate surface area is 210 Å². The minimum Gasteiger partial charge on any atom is -0.438 e. The molecule has 184 valence electrons. The number of hydrogen-bond donors (Lipinski definition) is 2. The van der Waals surface area contributed by atoms with Crippen LogP contribution in [0.3, 0.4) is 0 Å². The van der Waals surface area contributed by atoms with Crippen LogP contribution >= 0.6 is 0 Å². The fraction of sp³-hybridized carbons (Fsp3) is 0.250. The first-order valence-corrected chi connectivity index (χ1v) is 12.1. The summed E-state index contributed by atoms with van der Waals surface area (Å²) >= 11 is 0. The van der Waals surface area contributed by atoms with Gasteiger partial charge >= 0.3 is 6.03 Å². The van der Waals surface area contributed by atoms with E-state index in [0.717, 1.165) is 42.5 Å². The van der Waals surface area contributed by atoms with Gasteiger partial charge in [0.2, 0.25) is 5.88 Å². The molecule has 4 aromatic rings. The third-order valence-electron chi connectivity index (χ3n) is 6.50. The summed E-state index contributed by atoms with van der Waals surface area (Å²) in [6, 6.07) is 23.1. The molecule has 1 fully saturated rings. The van der Waals surface area contributed by atoms with Crippen LogP contribution in [-0.2, 0) is 0 Å². The van der Waals surface area contributed by atoms with E-state index in [-0.39, 0.29) is 6.03 Å². The zero-order chi connectivity index (χ0) is 24.9. The molecule has 2 N–H and O–H groups in total. The van der Waals surface area contributed by atoms with Gasteiger partial charge in [0, 0.05) is 36.2 Å². The number of urea groups is 1. The number of nitrogens with one attached hydrogen (secondary N) is 2. The Morgan fingerprint density at radius 2 is 1.61 bits per heavy atom. The molecule has 0 aliphatic carbocycles. The molecule has 0 radical (unpaired) electrons. The lowest BCUT2D eigenvalue weighted by Gasteiger charge is -2.36. The maximum Gasteiger partial charge on any atom is 0.323 e. The van der Waals surface area contributed by atoms with Gasteiger partial charge in [0.15, 0.2) is 0 Å². The maximum atomic E-state index is 12.2. The molecule has 8 heteroatoms. The Kier molecular flexibility index (Phi) is 6.95. The molecule has 0 spiro atoms. The first-order chi connectivity index (χ1) is 17.5. The van der Waals surface area contributed by atoms with Crippen molar-refractivity contribution < 1.29 is 9.53 Å². The number of ether oxygens (including phenoxy) is 1. The Hall–Kier alpha value is -4.17. The van der Waals surface area contributed by atoms with Gasteiger partial charge in [0.05, 0.1) is 10.9 Å². The summed E-state index contributed by atoms with van der Waals surface area (Å²) in [6.07, 6.45) is 3.84. The number of aromatic nitrogens is 2. The van der Waals surface area contributed by atoms with Crippen molar-refractivity contribution in [2.75, 3.05) is 42.7 Å². The van der Waals surface area contributed by atoms with E-state index in [2.05, 4.69) is 56.6 Å². The summed E-state index contributed by atoms with van der Waals surface area (Å²) in [4.78, 5) is 25.8. The molecular weight excluding hydrogens is 452 g/mol. The number of fused-ring (bicyclic) bond motifs is 1. The van der Waals surface area contributed by atoms with Crippen molar-refractivity contribution in [1.82, 2.24) is 14.9 Å². The standard InChI is InChI=1S/C28H30N6O2/c1-33(2)22-14-16-34(17-15-22)23-10-13-25-26(18-23)29-19-30-27(25)36-24-11-8-21(9-12-24)32-28(35)31-20-6-4-3-5-7-20/h3-13,18-19,22H,14-17H2,1-2H3,(H2,31,32,35). The van der Waals surface area contributed by atoms with E-state index < -0.39 is 0 Å². The maximum absolute atomic E-state index is 12.2. The van der Waals surface area contributed by atoms with Crippen molar-refractivity contribution in [3.05, 3.63) is 79.1 Å². The van der Waals surface area contributed by atoms with Crippen molar-refractivity contribution in [2.45, 2.75) is 18.9 Å². The van der Waals surface area contributed by atoms with Gasteiger partial charge in [0.25, 0.3) is 0 Å². The van der Waals surface area contributed by atoms with Gasteiger partial charge in [-0.3, -0.25) is 0 Å². The van der Waals surface area contributed by atoms with Crippen LogP contribution < -0.4 is 20.3 Å². The number of anilines is 3. The number of carbonyl (C=O) groups is 1. The molecule has 0 atom stereocenters. The zero-order valence-electron chi connectivity index (χ0n) is 20.5. The monoisotopic (exact) mass is 482 g/mol. The smallest absolute Gasteiger partial charge is 0.323 e. The second-order valence-electron chi connectivity index (χ2n) is 9.13. The number of hydrogen-bond acceptors (Lipinski definition) is 6. The van der Waals surface area contributed by atoms with Crippen LogP contribution in [-0.4, -0.2) is 54.1 Å². The first kappa shape index (κ1) is 23.6. The zero-order valence-corrected chi connectivity index (χ0v) is 20.5. The molecule has 1 aromatic heterocycles. The summed E-state index contributed by atoms with van der Waals surface area (Å²) in [7, 11) is 4.31. The largest absolute Gasteiger partial charge is 0.438 e. The topological polar surface area (TPSA) is 82.6 Å². The summed E-state index contributed by atoms with van der Waals surface area (Å²) in [5.41, 5.74) is 3.41. The highest BCUT2D eigenvalue weighted by atomic mass is 16.5. The van der Waals surface area contributed by atoms with Gasteiger partial charge in [-0.2, -0.15) is 0 Å². The van der Waals surface area contributed by atoms with Crippen molar-refractivity contribution in [3.8, 4) is 11.6 Å². The van der Waals surface area contributed by atoms with E-state index in [1.165, 1.54) is 12.0 Å². The lowest BCUT2D eigenvalue weighted by molar-refractivity contribution is 0.249. The Morgan fingerprint density at radius 1 is 0.917 bits per heavy atom. The molecule has 8 nitrogen and oxygen atoms in total. The van der Waals surface area contributed by atoms with E-state index in [1.54, 1.807) is 24.3 Å². The molecule has 1 aliphatic heterocycles. The van der Waals surface area contributed by atoms with Crippen LogP contribution in [0.4, 0.5) is 21.9 Å². The van der Waals surface area contributed by atoms with Crippen LogP contribution in [0.5, 0.6) is 11.6 Å². The normalized spacial score (nSPS) is 14.1. The summed E-state index contributed by atoms with van der Waals surface area (Å²) in [6.45, 7) is 2.07. The fourth-order valence-electron chi connectivity index (χ4n) is 4.47. The van der Waals surface area contributed by atoms with E-state index in [1.807, 2.05) is 36.4 Å². The van der Waals surface area contributed by atoms with Crippen LogP contribution in [0.2, 0.25) is 0 Å². The van der Waals surface area contributed by atoms with Crippen LogP contribution in [0.1, 0.15) is 12.8 Å². The molecule has 0 bridgehead atoms. The Balaban J connectivity index is 1.24. The molecular formula is C28H30N6O2. The van der Waals surface area contributed by atoms with Crippen LogP contribution in [0.25, 0.3) is 10.9 Å². The number of amides is 2. The summed E-state index contributed by atoms with van der Waals surface area (Å²) < 4.78 is 6.07. The predicted molar refractivity (Wildman–Crippen MR) is 144 cm³/mol. The molecule has 3 aromatic carbocycles. The Morgan fingerprint density at radius 3 is 2.31 bits per heavy atom. The van der Waals surface area contributed by atoms with Gasteiger partial charge in [-0.1, -0.05) is 18.2 Å². The van der Waals surface area contributed by atoms with Crippen molar-refractivity contribution in [3.63, 3.8) is 0 Å². The number of carbonyl (C=O) groups excluding carboxylic acids is 1. The molecule has 36 heavy (non-hydrogen) atoms. The van der Waals surface area contributed by atoms with Gasteiger partial charge in [-0.05, 0) is 81.5 Å². The van der Waals surface area contributed by atoms with Gasteiger partial charge in [-0.25, -0.2) is 14.8 Å². The lowest BCUT2D eigenvalue weighted by Crippen LogP contribution is -2.41. The average Bonchev–Trinajstić information content (AvgIpc) is 2.90. The van der Waals surface area contributed by atoms with Crippen molar-refractivity contribution in [2.24, 2.45) is 0 Å². The molecule has 1 saturated heterocycles. The molecule has 0 unspecified atom stereocenters. The summed E-state index contributed by atoms with van der Waals surface area (Å²) in [5.74, 6) is 1.12. The van der Waals surface area contributed by atoms with E-state index in [9.17, 15) is 4.79 Å². The van der Waals surface area contributed by atoms with E-state index in [4.69, 9.17) is 4.74 Å². The van der Waals surface area contributed by atoms with Crippen molar-refractivity contribution >= 4 is 34.0 Å². The minimum absolute atomic E-state index is 0.307. The quantitative estimate of drug-likeness (QED) is 0.372. The summed E-state index contributed by atoms with van der Waals surface area (Å²) in [5, 5.41) is 6.47. The van der Waals surface area contributed by atoms with Crippen molar-refractivity contribution in [1.29, 1.82) is 0 Å². The molecule has 2 amide bonds. The second-order valence-corrected chi connectivity index (χ2v) is 9.13. The van der Waals surface area contributed by atoms with Crippen LogP contribution in [0, 0.1) is 0 Å². The van der Waals surface area contributed by atoms with Crippen LogP contribution in [0.15, 0.2) is 79.1 Å². The molecule has 1 aliphatic rings. The highest BCUT2D eigenvalue weighted by Crippen LogP contribution is 2.31. The minimum atomic E-state index is -0.307. The predicted octanol–water partition coefficient (Wildman–Crippen LogP) is 5.60. The molecule has 2 heterocycles. The fourth-order valence-corrected chi connectivity index (χ4v) is 4.47. The van der Waals surface area contributed by atoms with Gasteiger partial charge in [-0.15, -0.1) is 0 Å². The Bertz CT molecular complexity index is 1320. The van der Waals surface area contributed by atoms with Gasteiger partial charge in [0.1, 0.15) is 12.1 Å².